The zero-order chi connectivity index (χ0) is 15.5. The van der Waals surface area contributed by atoms with Crippen molar-refractivity contribution in [1.29, 1.82) is 0 Å². The average Bonchev–Trinajstić information content (AvgIpc) is 2.84. The van der Waals surface area contributed by atoms with Crippen LogP contribution in [0.3, 0.4) is 0 Å². The van der Waals surface area contributed by atoms with Crippen molar-refractivity contribution in [1.82, 2.24) is 0 Å². The van der Waals surface area contributed by atoms with Crippen LogP contribution in [-0.4, -0.2) is 31.8 Å². The SMILES string of the molecule is O=[N+]([O-])c1cc2c(cc1NS(=O)(=O)CCCCCl)OCO2. The highest BCUT2D eigenvalue weighted by Gasteiger charge is 2.25. The summed E-state index contributed by atoms with van der Waals surface area (Å²) < 4.78 is 36.1. The predicted molar refractivity (Wildman–Crippen MR) is 76.6 cm³/mol. The van der Waals surface area contributed by atoms with Gasteiger partial charge in [0.15, 0.2) is 11.5 Å². The molecule has 2 rings (SSSR count). The smallest absolute Gasteiger partial charge is 0.297 e. The molecule has 1 aliphatic rings. The number of sulfonamides is 1. The number of fused-ring (bicyclic) bond motifs is 1. The zero-order valence-electron chi connectivity index (χ0n) is 10.9. The van der Waals surface area contributed by atoms with Gasteiger partial charge in [0.1, 0.15) is 5.69 Å². The lowest BCUT2D eigenvalue weighted by Crippen LogP contribution is -2.17. The minimum Gasteiger partial charge on any atom is -0.454 e. The molecule has 0 bridgehead atoms. The van der Waals surface area contributed by atoms with Crippen LogP contribution >= 0.6 is 11.6 Å². The Morgan fingerprint density at radius 2 is 1.95 bits per heavy atom. The number of benzene rings is 1. The van der Waals surface area contributed by atoms with E-state index in [0.29, 0.717) is 18.7 Å². The van der Waals surface area contributed by atoms with E-state index in [4.69, 9.17) is 21.1 Å². The molecule has 0 fully saturated rings. The molecule has 0 saturated carbocycles. The van der Waals surface area contributed by atoms with Crippen molar-refractivity contribution < 1.29 is 22.8 Å². The fraction of sp³-hybridized carbons (Fsp3) is 0.455. The van der Waals surface area contributed by atoms with Gasteiger partial charge in [-0.05, 0) is 12.8 Å². The van der Waals surface area contributed by atoms with Crippen LogP contribution < -0.4 is 14.2 Å². The fourth-order valence-electron chi connectivity index (χ4n) is 1.77. The van der Waals surface area contributed by atoms with Gasteiger partial charge in [0.25, 0.3) is 5.69 Å². The molecular weight excluding hydrogens is 324 g/mol. The molecule has 0 saturated heterocycles. The van der Waals surface area contributed by atoms with Crippen LogP contribution in [0.2, 0.25) is 0 Å². The van der Waals surface area contributed by atoms with E-state index in [9.17, 15) is 18.5 Å². The minimum absolute atomic E-state index is 0.0571. The summed E-state index contributed by atoms with van der Waals surface area (Å²) in [5.74, 6) is 0.677. The Kier molecular flexibility index (Phi) is 4.73. The van der Waals surface area contributed by atoms with Crippen LogP contribution in [0.4, 0.5) is 11.4 Å². The fourth-order valence-corrected chi connectivity index (χ4v) is 3.14. The first-order valence-electron chi connectivity index (χ1n) is 6.07. The van der Waals surface area contributed by atoms with E-state index in [-0.39, 0.29) is 35.4 Å². The molecule has 1 aliphatic heterocycles. The normalized spacial score (nSPS) is 13.2. The molecular formula is C11H13ClN2O6S. The monoisotopic (exact) mass is 336 g/mol. The predicted octanol–water partition coefficient (Wildman–Crippen LogP) is 2.08. The first-order chi connectivity index (χ1) is 9.93. The largest absolute Gasteiger partial charge is 0.454 e. The molecule has 1 aromatic rings. The van der Waals surface area contributed by atoms with Crippen molar-refractivity contribution in [3.8, 4) is 11.5 Å². The third-order valence-corrected chi connectivity index (χ3v) is 4.37. The Labute approximate surface area is 126 Å². The van der Waals surface area contributed by atoms with Crippen molar-refractivity contribution in [2.45, 2.75) is 12.8 Å². The van der Waals surface area contributed by atoms with Crippen molar-refractivity contribution in [3.63, 3.8) is 0 Å². The van der Waals surface area contributed by atoms with Crippen LogP contribution in [0.15, 0.2) is 12.1 Å². The second-order valence-electron chi connectivity index (χ2n) is 4.30. The standard InChI is InChI=1S/C11H13ClN2O6S/c12-3-1-2-4-21(17,18)13-8-5-10-11(20-7-19-10)6-9(8)14(15)16/h5-6,13H,1-4,7H2. The van der Waals surface area contributed by atoms with Crippen molar-refractivity contribution in [3.05, 3.63) is 22.2 Å². The summed E-state index contributed by atoms with van der Waals surface area (Å²) in [7, 11) is -3.69. The highest BCUT2D eigenvalue weighted by atomic mass is 35.5. The molecule has 21 heavy (non-hydrogen) atoms. The molecule has 1 heterocycles. The average molecular weight is 337 g/mol. The molecule has 0 spiro atoms. The lowest BCUT2D eigenvalue weighted by molar-refractivity contribution is -0.383. The second-order valence-corrected chi connectivity index (χ2v) is 6.52. The molecule has 1 N–H and O–H groups in total. The van der Waals surface area contributed by atoms with Gasteiger partial charge in [0.05, 0.1) is 16.7 Å². The molecule has 0 aliphatic carbocycles. The summed E-state index contributed by atoms with van der Waals surface area (Å²) in [6, 6.07) is 2.39. The zero-order valence-corrected chi connectivity index (χ0v) is 12.4. The number of anilines is 1. The van der Waals surface area contributed by atoms with Gasteiger partial charge in [-0.1, -0.05) is 0 Å². The van der Waals surface area contributed by atoms with Crippen molar-refractivity contribution in [2.24, 2.45) is 0 Å². The van der Waals surface area contributed by atoms with E-state index >= 15 is 0 Å². The number of halogens is 1. The number of alkyl halides is 1. The number of nitrogens with zero attached hydrogens (tertiary/aromatic N) is 1. The number of ether oxygens (including phenoxy) is 2. The molecule has 1 aromatic carbocycles. The number of rotatable bonds is 7. The third-order valence-electron chi connectivity index (χ3n) is 2.75. The van der Waals surface area contributed by atoms with Crippen LogP contribution in [0, 0.1) is 10.1 Å². The van der Waals surface area contributed by atoms with Gasteiger partial charge in [-0.25, -0.2) is 8.42 Å². The van der Waals surface area contributed by atoms with Gasteiger partial charge >= 0.3 is 0 Å². The van der Waals surface area contributed by atoms with Crippen LogP contribution in [0.25, 0.3) is 0 Å². The van der Waals surface area contributed by atoms with Crippen LogP contribution in [0.1, 0.15) is 12.8 Å². The third kappa shape index (κ3) is 3.88. The molecule has 0 amide bonds. The van der Waals surface area contributed by atoms with Gasteiger partial charge in [-0.3, -0.25) is 14.8 Å². The quantitative estimate of drug-likeness (QED) is 0.353. The Morgan fingerprint density at radius 3 is 2.57 bits per heavy atom. The van der Waals surface area contributed by atoms with E-state index in [1.165, 1.54) is 6.07 Å². The Bertz CT molecular complexity index is 648. The highest BCUT2D eigenvalue weighted by molar-refractivity contribution is 7.92. The highest BCUT2D eigenvalue weighted by Crippen LogP contribution is 2.40. The number of nitro benzene ring substituents is 1. The van der Waals surface area contributed by atoms with Gasteiger partial charge < -0.3 is 9.47 Å². The maximum Gasteiger partial charge on any atom is 0.297 e. The summed E-state index contributed by atoms with van der Waals surface area (Å²) >= 11 is 5.49. The van der Waals surface area contributed by atoms with Gasteiger partial charge in [-0.2, -0.15) is 0 Å². The van der Waals surface area contributed by atoms with Gasteiger partial charge in [0, 0.05) is 11.9 Å². The maximum atomic E-state index is 11.9. The Morgan fingerprint density at radius 1 is 1.29 bits per heavy atom. The number of nitro groups is 1. The number of hydrogen-bond donors (Lipinski definition) is 1. The van der Waals surface area contributed by atoms with E-state index < -0.39 is 14.9 Å². The van der Waals surface area contributed by atoms with Crippen molar-refractivity contribution in [2.75, 3.05) is 23.1 Å². The van der Waals surface area contributed by atoms with E-state index in [0.717, 1.165) is 6.07 Å². The molecule has 0 radical (unpaired) electrons. The molecule has 10 heteroatoms. The van der Waals surface area contributed by atoms with E-state index in [2.05, 4.69) is 4.72 Å². The number of nitrogens with one attached hydrogen (secondary N) is 1. The Hall–Kier alpha value is -1.74. The summed E-state index contributed by atoms with van der Waals surface area (Å²) in [5.41, 5.74) is -0.532. The maximum absolute atomic E-state index is 11.9. The van der Waals surface area contributed by atoms with Gasteiger partial charge in [0.2, 0.25) is 16.8 Å². The van der Waals surface area contributed by atoms with Crippen molar-refractivity contribution >= 4 is 33.0 Å². The molecule has 0 unspecified atom stereocenters. The molecule has 0 aromatic heterocycles. The van der Waals surface area contributed by atoms with Crippen LogP contribution in [0.5, 0.6) is 11.5 Å². The Balaban J connectivity index is 2.24. The van der Waals surface area contributed by atoms with E-state index in [1.54, 1.807) is 0 Å². The second kappa shape index (κ2) is 6.35. The lowest BCUT2D eigenvalue weighted by Gasteiger charge is -2.09. The van der Waals surface area contributed by atoms with E-state index in [1.807, 2.05) is 0 Å². The molecule has 0 atom stereocenters. The molecule has 116 valence electrons. The number of unbranched alkanes of at least 4 members (excludes halogenated alkanes) is 1. The topological polar surface area (TPSA) is 108 Å². The first kappa shape index (κ1) is 15.6. The summed E-state index contributed by atoms with van der Waals surface area (Å²) in [5, 5.41) is 11.0. The molecule has 8 nitrogen and oxygen atoms in total. The van der Waals surface area contributed by atoms with Crippen LogP contribution in [-0.2, 0) is 10.0 Å². The number of hydrogen-bond acceptors (Lipinski definition) is 6. The summed E-state index contributed by atoms with van der Waals surface area (Å²) in [6.07, 6.45) is 0.920. The minimum atomic E-state index is -3.69. The lowest BCUT2D eigenvalue weighted by atomic mass is 10.2. The first-order valence-corrected chi connectivity index (χ1v) is 8.26. The van der Waals surface area contributed by atoms with Gasteiger partial charge in [-0.15, -0.1) is 11.6 Å². The summed E-state index contributed by atoms with van der Waals surface area (Å²) in [4.78, 5) is 10.3. The summed E-state index contributed by atoms with van der Waals surface area (Å²) in [6.45, 7) is -0.0571.